The van der Waals surface area contributed by atoms with Crippen LogP contribution in [0.4, 0.5) is 0 Å². The second-order valence-electron chi connectivity index (χ2n) is 2.70. The number of nitrogens with zero attached hydrogens (tertiary/aromatic N) is 1. The van der Waals surface area contributed by atoms with Gasteiger partial charge >= 0.3 is 5.97 Å². The van der Waals surface area contributed by atoms with Crippen molar-refractivity contribution < 1.29 is 19.2 Å². The zero-order chi connectivity index (χ0) is 10.1. The van der Waals surface area contributed by atoms with Gasteiger partial charge < -0.3 is 14.4 Å². The minimum Gasteiger partial charge on any atom is -0.508 e. The van der Waals surface area contributed by atoms with E-state index in [1.807, 2.05) is 0 Å². The fourth-order valence-electron chi connectivity index (χ4n) is 1.17. The Kier molecular flexibility index (Phi) is 1.85. The third kappa shape index (κ3) is 1.19. The minimum atomic E-state index is -0.585. The van der Waals surface area contributed by atoms with Crippen molar-refractivity contribution in [2.45, 2.75) is 0 Å². The summed E-state index contributed by atoms with van der Waals surface area (Å²) in [6.07, 6.45) is 0. The number of hydrogen-bond acceptors (Lipinski definition) is 5. The maximum Gasteiger partial charge on any atom is 0.377 e. The zero-order valence-corrected chi connectivity index (χ0v) is 7.35. The van der Waals surface area contributed by atoms with Crippen LogP contribution in [-0.4, -0.2) is 23.3 Å². The van der Waals surface area contributed by atoms with E-state index in [4.69, 9.17) is 9.63 Å². The number of phenolic OH excluding ortho intramolecular Hbond substituents is 1. The van der Waals surface area contributed by atoms with E-state index in [1.165, 1.54) is 19.2 Å². The van der Waals surface area contributed by atoms with Crippen molar-refractivity contribution >= 4 is 16.9 Å². The van der Waals surface area contributed by atoms with Crippen LogP contribution in [0.2, 0.25) is 0 Å². The fraction of sp³-hybridized carbons (Fsp3) is 0.111. The van der Waals surface area contributed by atoms with E-state index >= 15 is 0 Å². The smallest absolute Gasteiger partial charge is 0.377 e. The summed E-state index contributed by atoms with van der Waals surface area (Å²) in [5.41, 5.74) is 0.422. The van der Waals surface area contributed by atoms with Gasteiger partial charge in [0.05, 0.1) is 12.5 Å². The Balaban J connectivity index is 2.64. The van der Waals surface area contributed by atoms with Crippen molar-refractivity contribution in [3.63, 3.8) is 0 Å². The molecule has 0 spiro atoms. The average Bonchev–Trinajstić information content (AvgIpc) is 2.59. The first-order valence-electron chi connectivity index (χ1n) is 3.89. The highest BCUT2D eigenvalue weighted by Crippen LogP contribution is 2.22. The summed E-state index contributed by atoms with van der Waals surface area (Å²) in [7, 11) is 1.26. The molecule has 1 aromatic carbocycles. The number of aromatic nitrogens is 1. The van der Waals surface area contributed by atoms with Crippen molar-refractivity contribution in [3.8, 4) is 5.75 Å². The maximum atomic E-state index is 11.2. The number of rotatable bonds is 1. The lowest BCUT2D eigenvalue weighted by atomic mass is 10.2. The summed E-state index contributed by atoms with van der Waals surface area (Å²) < 4.78 is 9.28. The number of fused-ring (bicyclic) bond motifs is 1. The van der Waals surface area contributed by atoms with Gasteiger partial charge in [-0.3, -0.25) is 0 Å². The second-order valence-corrected chi connectivity index (χ2v) is 2.70. The van der Waals surface area contributed by atoms with Crippen LogP contribution in [0.25, 0.3) is 10.9 Å². The number of esters is 1. The van der Waals surface area contributed by atoms with Gasteiger partial charge in [-0.05, 0) is 12.1 Å². The molecular formula is C9H7NO4. The summed E-state index contributed by atoms with van der Waals surface area (Å²) in [5.74, 6) is -0.470. The predicted molar refractivity (Wildman–Crippen MR) is 47.0 cm³/mol. The van der Waals surface area contributed by atoms with Crippen LogP contribution < -0.4 is 0 Å². The molecule has 0 saturated heterocycles. The molecule has 1 N–H and O–H groups in total. The first-order valence-corrected chi connectivity index (χ1v) is 3.89. The van der Waals surface area contributed by atoms with E-state index in [1.54, 1.807) is 6.07 Å². The number of methoxy groups -OCH3 is 1. The van der Waals surface area contributed by atoms with Crippen molar-refractivity contribution in [2.24, 2.45) is 0 Å². The molecule has 72 valence electrons. The summed E-state index contributed by atoms with van der Waals surface area (Å²) in [6.45, 7) is 0. The standard InChI is InChI=1S/C9H7NO4/c1-13-9(12)8-6-3-2-5(11)4-7(6)10-14-8/h2-4,11H,1H3. The summed E-state index contributed by atoms with van der Waals surface area (Å²) >= 11 is 0. The van der Waals surface area contributed by atoms with E-state index in [9.17, 15) is 4.79 Å². The Hall–Kier alpha value is -2.04. The average molecular weight is 193 g/mol. The number of hydrogen-bond donors (Lipinski definition) is 1. The number of carbonyl (C=O) groups excluding carboxylic acids is 1. The van der Waals surface area contributed by atoms with Crippen LogP contribution in [0, 0.1) is 0 Å². The van der Waals surface area contributed by atoms with Crippen LogP contribution >= 0.6 is 0 Å². The molecule has 2 aromatic rings. The normalized spacial score (nSPS) is 10.4. The van der Waals surface area contributed by atoms with Crippen LogP contribution in [0.15, 0.2) is 22.7 Å². The molecule has 0 aliphatic heterocycles. The fourth-order valence-corrected chi connectivity index (χ4v) is 1.17. The van der Waals surface area contributed by atoms with E-state index in [0.29, 0.717) is 10.9 Å². The van der Waals surface area contributed by atoms with Gasteiger partial charge in [0.25, 0.3) is 5.76 Å². The molecule has 0 bridgehead atoms. The van der Waals surface area contributed by atoms with E-state index < -0.39 is 5.97 Å². The number of aromatic hydroxyl groups is 1. The minimum absolute atomic E-state index is 0.0440. The van der Waals surface area contributed by atoms with Gasteiger partial charge in [-0.2, -0.15) is 0 Å². The van der Waals surface area contributed by atoms with Crippen molar-refractivity contribution in [3.05, 3.63) is 24.0 Å². The molecule has 0 aliphatic rings. The monoisotopic (exact) mass is 193 g/mol. The first-order chi connectivity index (χ1) is 6.72. The number of ether oxygens (including phenoxy) is 1. The van der Waals surface area contributed by atoms with Crippen LogP contribution in [0.3, 0.4) is 0 Å². The number of carbonyl (C=O) groups is 1. The highest BCUT2D eigenvalue weighted by Gasteiger charge is 2.16. The molecule has 0 radical (unpaired) electrons. The second kappa shape index (κ2) is 3.02. The molecule has 5 nitrogen and oxygen atoms in total. The molecule has 0 fully saturated rings. The molecule has 14 heavy (non-hydrogen) atoms. The van der Waals surface area contributed by atoms with Gasteiger partial charge in [0.2, 0.25) is 0 Å². The highest BCUT2D eigenvalue weighted by molar-refractivity contribution is 6.00. The Morgan fingerprint density at radius 2 is 2.36 bits per heavy atom. The van der Waals surface area contributed by atoms with Crippen molar-refractivity contribution in [1.29, 1.82) is 0 Å². The molecule has 0 aliphatic carbocycles. The van der Waals surface area contributed by atoms with Crippen LogP contribution in [-0.2, 0) is 4.74 Å². The Morgan fingerprint density at radius 3 is 3.07 bits per heavy atom. The predicted octanol–water partition coefficient (Wildman–Crippen LogP) is 1.32. The van der Waals surface area contributed by atoms with Gasteiger partial charge in [0.1, 0.15) is 11.3 Å². The molecule has 0 amide bonds. The summed E-state index contributed by atoms with van der Waals surface area (Å²) in [6, 6.07) is 4.41. The van der Waals surface area contributed by atoms with E-state index in [-0.39, 0.29) is 11.5 Å². The largest absolute Gasteiger partial charge is 0.508 e. The zero-order valence-electron chi connectivity index (χ0n) is 7.35. The quantitative estimate of drug-likeness (QED) is 0.691. The Bertz CT molecular complexity index is 489. The Labute approximate surface area is 78.9 Å². The van der Waals surface area contributed by atoms with Gasteiger partial charge in [-0.25, -0.2) is 4.79 Å². The third-order valence-electron chi connectivity index (χ3n) is 1.83. The summed E-state index contributed by atoms with van der Waals surface area (Å²) in [4.78, 5) is 11.2. The maximum absolute atomic E-state index is 11.2. The SMILES string of the molecule is COC(=O)c1onc2cc(O)ccc12. The lowest BCUT2D eigenvalue weighted by molar-refractivity contribution is 0.0558. The molecular weight excluding hydrogens is 186 g/mol. The first kappa shape index (κ1) is 8.55. The highest BCUT2D eigenvalue weighted by atomic mass is 16.5. The molecule has 5 heteroatoms. The third-order valence-corrected chi connectivity index (χ3v) is 1.83. The number of benzene rings is 1. The van der Waals surface area contributed by atoms with Gasteiger partial charge in [-0.15, -0.1) is 0 Å². The van der Waals surface area contributed by atoms with E-state index in [2.05, 4.69) is 9.89 Å². The lowest BCUT2D eigenvalue weighted by Gasteiger charge is -1.93. The van der Waals surface area contributed by atoms with Gasteiger partial charge in [0.15, 0.2) is 0 Å². The molecule has 0 atom stereocenters. The van der Waals surface area contributed by atoms with Crippen LogP contribution in [0.5, 0.6) is 5.75 Å². The molecule has 1 heterocycles. The number of phenols is 1. The van der Waals surface area contributed by atoms with Crippen LogP contribution in [0.1, 0.15) is 10.6 Å². The molecule has 0 saturated carbocycles. The molecule has 0 unspecified atom stereocenters. The van der Waals surface area contributed by atoms with Crippen molar-refractivity contribution in [1.82, 2.24) is 5.16 Å². The van der Waals surface area contributed by atoms with Gasteiger partial charge in [-0.1, -0.05) is 5.16 Å². The molecule has 2 rings (SSSR count). The molecule has 1 aromatic heterocycles. The lowest BCUT2D eigenvalue weighted by Crippen LogP contribution is -1.99. The van der Waals surface area contributed by atoms with Crippen molar-refractivity contribution in [2.75, 3.05) is 7.11 Å². The summed E-state index contributed by atoms with van der Waals surface area (Å²) in [5, 5.41) is 13.3. The topological polar surface area (TPSA) is 72.6 Å². The van der Waals surface area contributed by atoms with Gasteiger partial charge in [0, 0.05) is 6.07 Å². The Morgan fingerprint density at radius 1 is 1.57 bits per heavy atom. The van der Waals surface area contributed by atoms with E-state index in [0.717, 1.165) is 0 Å².